The monoisotopic (exact) mass is 250 g/mol. The molecule has 1 saturated heterocycles. The average molecular weight is 250 g/mol. The SMILES string of the molecule is N[C@H]1CCCN(c2nc3ccsc3c(=O)[nH]2)C1. The summed E-state index contributed by atoms with van der Waals surface area (Å²) >= 11 is 1.42. The van der Waals surface area contributed by atoms with Crippen molar-refractivity contribution in [3.05, 3.63) is 21.8 Å². The van der Waals surface area contributed by atoms with Crippen LogP contribution in [0.3, 0.4) is 0 Å². The molecule has 90 valence electrons. The zero-order chi connectivity index (χ0) is 11.8. The van der Waals surface area contributed by atoms with Crippen LogP contribution in [0.5, 0.6) is 0 Å². The van der Waals surface area contributed by atoms with E-state index in [0.29, 0.717) is 10.6 Å². The number of hydrogen-bond acceptors (Lipinski definition) is 5. The fraction of sp³-hybridized carbons (Fsp3) is 0.455. The Bertz CT molecular complexity index is 590. The topological polar surface area (TPSA) is 75.0 Å². The van der Waals surface area contributed by atoms with Gasteiger partial charge in [0.25, 0.3) is 5.56 Å². The van der Waals surface area contributed by atoms with Gasteiger partial charge in [-0.3, -0.25) is 9.78 Å². The van der Waals surface area contributed by atoms with Crippen LogP contribution in [0.4, 0.5) is 5.95 Å². The number of anilines is 1. The summed E-state index contributed by atoms with van der Waals surface area (Å²) in [5.41, 5.74) is 6.65. The van der Waals surface area contributed by atoms with Crippen molar-refractivity contribution in [1.29, 1.82) is 0 Å². The lowest BCUT2D eigenvalue weighted by atomic mass is 10.1. The third kappa shape index (κ3) is 1.94. The molecule has 0 aromatic carbocycles. The molecular weight excluding hydrogens is 236 g/mol. The smallest absolute Gasteiger partial charge is 0.270 e. The molecule has 1 aliphatic rings. The number of fused-ring (bicyclic) bond motifs is 1. The largest absolute Gasteiger partial charge is 0.341 e. The second kappa shape index (κ2) is 4.12. The normalized spacial score (nSPS) is 21.0. The Labute approximate surface area is 102 Å². The number of nitrogens with zero attached hydrogens (tertiary/aromatic N) is 2. The van der Waals surface area contributed by atoms with E-state index in [1.807, 2.05) is 11.4 Å². The maximum absolute atomic E-state index is 11.8. The van der Waals surface area contributed by atoms with E-state index < -0.39 is 0 Å². The summed E-state index contributed by atoms with van der Waals surface area (Å²) in [6, 6.07) is 2.05. The van der Waals surface area contributed by atoms with E-state index in [9.17, 15) is 4.79 Å². The maximum Gasteiger partial charge on any atom is 0.270 e. The molecule has 3 N–H and O–H groups in total. The van der Waals surface area contributed by atoms with Gasteiger partial charge in [-0.15, -0.1) is 11.3 Å². The van der Waals surface area contributed by atoms with Crippen molar-refractivity contribution in [2.45, 2.75) is 18.9 Å². The molecule has 2 aromatic rings. The van der Waals surface area contributed by atoms with E-state index in [4.69, 9.17) is 5.73 Å². The predicted molar refractivity (Wildman–Crippen MR) is 69.7 cm³/mol. The van der Waals surface area contributed by atoms with Gasteiger partial charge in [0.15, 0.2) is 0 Å². The van der Waals surface area contributed by atoms with E-state index in [0.717, 1.165) is 31.4 Å². The van der Waals surface area contributed by atoms with Gasteiger partial charge in [0.2, 0.25) is 5.95 Å². The molecule has 3 heterocycles. The van der Waals surface area contributed by atoms with Crippen molar-refractivity contribution < 1.29 is 0 Å². The molecule has 1 fully saturated rings. The molecule has 0 saturated carbocycles. The molecule has 0 radical (unpaired) electrons. The molecule has 6 heteroatoms. The van der Waals surface area contributed by atoms with Crippen molar-refractivity contribution in [3.63, 3.8) is 0 Å². The van der Waals surface area contributed by atoms with Crippen molar-refractivity contribution >= 4 is 27.5 Å². The van der Waals surface area contributed by atoms with E-state index in [1.165, 1.54) is 11.3 Å². The number of rotatable bonds is 1. The number of hydrogen-bond donors (Lipinski definition) is 2. The summed E-state index contributed by atoms with van der Waals surface area (Å²) in [4.78, 5) is 21.2. The summed E-state index contributed by atoms with van der Waals surface area (Å²) in [5, 5.41) is 1.89. The minimum Gasteiger partial charge on any atom is -0.341 e. The second-order valence-corrected chi connectivity index (χ2v) is 5.29. The molecule has 3 rings (SSSR count). The van der Waals surface area contributed by atoms with E-state index in [-0.39, 0.29) is 11.6 Å². The lowest BCUT2D eigenvalue weighted by Gasteiger charge is -2.30. The van der Waals surface area contributed by atoms with Crippen LogP contribution in [-0.2, 0) is 0 Å². The molecule has 5 nitrogen and oxygen atoms in total. The predicted octanol–water partition coefficient (Wildman–Crippen LogP) is 0.912. The summed E-state index contributed by atoms with van der Waals surface area (Å²) in [6.45, 7) is 1.67. The Morgan fingerprint density at radius 2 is 2.47 bits per heavy atom. The molecule has 0 unspecified atom stereocenters. The van der Waals surface area contributed by atoms with Crippen LogP contribution in [0.15, 0.2) is 16.2 Å². The molecule has 1 aliphatic heterocycles. The summed E-state index contributed by atoms with van der Waals surface area (Å²) in [6.07, 6.45) is 2.09. The van der Waals surface area contributed by atoms with E-state index in [2.05, 4.69) is 14.9 Å². The minimum absolute atomic E-state index is 0.0563. The van der Waals surface area contributed by atoms with Gasteiger partial charge in [-0.05, 0) is 24.3 Å². The fourth-order valence-corrected chi connectivity index (χ4v) is 2.94. The van der Waals surface area contributed by atoms with Crippen LogP contribution >= 0.6 is 11.3 Å². The second-order valence-electron chi connectivity index (χ2n) is 4.37. The van der Waals surface area contributed by atoms with Gasteiger partial charge in [-0.1, -0.05) is 0 Å². The van der Waals surface area contributed by atoms with Crippen LogP contribution in [0.1, 0.15) is 12.8 Å². The van der Waals surface area contributed by atoms with Crippen LogP contribution in [0.25, 0.3) is 10.2 Å². The van der Waals surface area contributed by atoms with Crippen molar-refractivity contribution in [3.8, 4) is 0 Å². The number of thiophene rings is 1. The zero-order valence-corrected chi connectivity index (χ0v) is 10.2. The van der Waals surface area contributed by atoms with Crippen LogP contribution in [0.2, 0.25) is 0 Å². The number of piperidine rings is 1. The summed E-state index contributed by atoms with van der Waals surface area (Å²) in [7, 11) is 0. The van der Waals surface area contributed by atoms with Crippen molar-refractivity contribution in [1.82, 2.24) is 9.97 Å². The van der Waals surface area contributed by atoms with Crippen LogP contribution < -0.4 is 16.2 Å². The molecular formula is C11H14N4OS. The van der Waals surface area contributed by atoms with Gasteiger partial charge >= 0.3 is 0 Å². The number of H-pyrrole nitrogens is 1. The maximum atomic E-state index is 11.8. The van der Waals surface area contributed by atoms with Gasteiger partial charge in [-0.25, -0.2) is 4.98 Å². The zero-order valence-electron chi connectivity index (χ0n) is 9.35. The highest BCUT2D eigenvalue weighted by atomic mass is 32.1. The third-order valence-corrected chi connectivity index (χ3v) is 3.96. The van der Waals surface area contributed by atoms with Gasteiger partial charge < -0.3 is 10.6 Å². The molecule has 17 heavy (non-hydrogen) atoms. The molecule has 0 aliphatic carbocycles. The Morgan fingerprint density at radius 1 is 1.59 bits per heavy atom. The van der Waals surface area contributed by atoms with Gasteiger partial charge in [0.05, 0.1) is 5.52 Å². The van der Waals surface area contributed by atoms with Crippen LogP contribution in [-0.4, -0.2) is 29.1 Å². The highest BCUT2D eigenvalue weighted by Gasteiger charge is 2.19. The first-order valence-electron chi connectivity index (χ1n) is 5.72. The first-order chi connectivity index (χ1) is 8.24. The number of nitrogens with two attached hydrogens (primary N) is 1. The molecule has 1 atom stereocenters. The minimum atomic E-state index is -0.0563. The van der Waals surface area contributed by atoms with E-state index in [1.54, 1.807) is 0 Å². The summed E-state index contributed by atoms with van der Waals surface area (Å²) in [5.74, 6) is 0.649. The van der Waals surface area contributed by atoms with Crippen molar-refractivity contribution in [2.24, 2.45) is 5.73 Å². The molecule has 2 aromatic heterocycles. The first-order valence-corrected chi connectivity index (χ1v) is 6.60. The standard InChI is InChI=1S/C11H14N4OS/c12-7-2-1-4-15(6-7)11-13-8-3-5-17-9(8)10(16)14-11/h3,5,7H,1-2,4,6,12H2,(H,13,14,16)/t7-/m0/s1. The Morgan fingerprint density at radius 3 is 3.29 bits per heavy atom. The fourth-order valence-electron chi connectivity index (χ4n) is 2.21. The number of aromatic amines is 1. The Balaban J connectivity index is 2.02. The average Bonchev–Trinajstić information content (AvgIpc) is 2.77. The highest BCUT2D eigenvalue weighted by molar-refractivity contribution is 7.17. The molecule has 0 amide bonds. The van der Waals surface area contributed by atoms with Crippen molar-refractivity contribution in [2.75, 3.05) is 18.0 Å². The highest BCUT2D eigenvalue weighted by Crippen LogP contribution is 2.19. The third-order valence-electron chi connectivity index (χ3n) is 3.06. The van der Waals surface area contributed by atoms with Gasteiger partial charge in [0.1, 0.15) is 4.70 Å². The first kappa shape index (κ1) is 10.7. The quantitative estimate of drug-likeness (QED) is 0.789. The van der Waals surface area contributed by atoms with E-state index >= 15 is 0 Å². The number of aromatic nitrogens is 2. The Hall–Kier alpha value is -1.40. The van der Waals surface area contributed by atoms with Crippen LogP contribution in [0, 0.1) is 0 Å². The molecule has 0 spiro atoms. The molecule has 0 bridgehead atoms. The Kier molecular flexibility index (Phi) is 2.60. The van der Waals surface area contributed by atoms with Gasteiger partial charge in [0, 0.05) is 19.1 Å². The lowest BCUT2D eigenvalue weighted by Crippen LogP contribution is -2.44. The van der Waals surface area contributed by atoms with Gasteiger partial charge in [-0.2, -0.15) is 0 Å². The number of nitrogens with one attached hydrogen (secondary N) is 1. The lowest BCUT2D eigenvalue weighted by molar-refractivity contribution is 0.500. The summed E-state index contributed by atoms with van der Waals surface area (Å²) < 4.78 is 0.690.